The molecule has 0 radical (unpaired) electrons. The molecular formula is C14H20O4S4. The van der Waals surface area contributed by atoms with Crippen LogP contribution in [0.1, 0.15) is 26.7 Å². The van der Waals surface area contributed by atoms with Gasteiger partial charge in [-0.1, -0.05) is 30.1 Å². The predicted octanol–water partition coefficient (Wildman–Crippen LogP) is 4.44. The van der Waals surface area contributed by atoms with Crippen molar-refractivity contribution in [2.45, 2.75) is 26.7 Å². The van der Waals surface area contributed by atoms with Gasteiger partial charge in [-0.15, -0.1) is 23.5 Å². The van der Waals surface area contributed by atoms with E-state index in [4.69, 9.17) is 9.47 Å². The normalized spacial score (nSPS) is 14.4. The maximum Gasteiger partial charge on any atom is 0.306 e. The highest BCUT2D eigenvalue weighted by Crippen LogP contribution is 2.56. The largest absolute Gasteiger partial charge is 0.466 e. The molecule has 0 aromatic rings. The summed E-state index contributed by atoms with van der Waals surface area (Å²) in [6.07, 6.45) is 0.807. The van der Waals surface area contributed by atoms with Gasteiger partial charge >= 0.3 is 11.9 Å². The summed E-state index contributed by atoms with van der Waals surface area (Å²) in [5.74, 6) is 1.05. The van der Waals surface area contributed by atoms with E-state index < -0.39 is 0 Å². The fraction of sp³-hybridized carbons (Fsp3) is 0.571. The summed E-state index contributed by atoms with van der Waals surface area (Å²) in [5.41, 5.74) is 0. The first-order valence-corrected chi connectivity index (χ1v) is 10.5. The van der Waals surface area contributed by atoms with Crippen molar-refractivity contribution < 1.29 is 19.1 Å². The zero-order valence-electron chi connectivity index (χ0n) is 12.7. The molecule has 0 saturated carbocycles. The first kappa shape index (κ1) is 19.9. The highest BCUT2D eigenvalue weighted by Gasteiger charge is 2.21. The van der Waals surface area contributed by atoms with Crippen LogP contribution in [0.3, 0.4) is 0 Å². The lowest BCUT2D eigenvalue weighted by Gasteiger charge is -2.05. The Kier molecular flexibility index (Phi) is 10.3. The lowest BCUT2D eigenvalue weighted by atomic mass is 10.5. The van der Waals surface area contributed by atoms with Crippen molar-refractivity contribution in [3.8, 4) is 0 Å². The van der Waals surface area contributed by atoms with E-state index in [2.05, 4.69) is 6.58 Å². The molecule has 0 aliphatic carbocycles. The van der Waals surface area contributed by atoms with Crippen LogP contribution in [0, 0.1) is 0 Å². The van der Waals surface area contributed by atoms with Gasteiger partial charge in [-0.3, -0.25) is 9.59 Å². The molecule has 4 nitrogen and oxygen atoms in total. The number of rotatable bonds is 10. The summed E-state index contributed by atoms with van der Waals surface area (Å²) in [6, 6.07) is 0. The number of hydrogen-bond donors (Lipinski definition) is 0. The minimum Gasteiger partial charge on any atom is -0.466 e. The SMILES string of the molecule is C=C1SC(SCCC(=O)OCC)=C(SCCC(=O)OCC)S1. The molecular weight excluding hydrogens is 360 g/mol. The average molecular weight is 381 g/mol. The smallest absolute Gasteiger partial charge is 0.306 e. The van der Waals surface area contributed by atoms with Gasteiger partial charge in [0.1, 0.15) is 0 Å². The van der Waals surface area contributed by atoms with Crippen molar-refractivity contribution in [2.75, 3.05) is 24.7 Å². The van der Waals surface area contributed by atoms with Crippen LogP contribution in [-0.2, 0) is 19.1 Å². The quantitative estimate of drug-likeness (QED) is 0.516. The Morgan fingerprint density at radius 3 is 1.73 bits per heavy atom. The molecule has 0 fully saturated rings. The molecule has 0 unspecified atom stereocenters. The minimum atomic E-state index is -0.165. The highest BCUT2D eigenvalue weighted by molar-refractivity contribution is 8.40. The van der Waals surface area contributed by atoms with Crippen LogP contribution in [0.2, 0.25) is 0 Å². The molecule has 0 amide bonds. The third-order valence-electron chi connectivity index (χ3n) is 2.27. The topological polar surface area (TPSA) is 52.6 Å². The lowest BCUT2D eigenvalue weighted by molar-refractivity contribution is -0.143. The number of esters is 2. The molecule has 1 aliphatic heterocycles. The fourth-order valence-electron chi connectivity index (χ4n) is 1.41. The first-order valence-electron chi connectivity index (χ1n) is 6.92. The van der Waals surface area contributed by atoms with Gasteiger partial charge in [0.05, 0.1) is 34.5 Å². The zero-order chi connectivity index (χ0) is 16.4. The molecule has 22 heavy (non-hydrogen) atoms. The van der Waals surface area contributed by atoms with Gasteiger partial charge in [0, 0.05) is 15.7 Å². The predicted molar refractivity (Wildman–Crippen MR) is 98.8 cm³/mol. The van der Waals surface area contributed by atoms with Crippen LogP contribution in [0.25, 0.3) is 0 Å². The van der Waals surface area contributed by atoms with E-state index in [1.165, 1.54) is 0 Å². The molecule has 0 aromatic carbocycles. The molecule has 1 rings (SSSR count). The molecule has 0 spiro atoms. The van der Waals surface area contributed by atoms with Crippen LogP contribution < -0.4 is 0 Å². The third-order valence-corrected chi connectivity index (χ3v) is 7.48. The molecule has 0 aromatic heterocycles. The molecule has 0 saturated heterocycles. The van der Waals surface area contributed by atoms with Crippen molar-refractivity contribution >= 4 is 59.0 Å². The van der Waals surface area contributed by atoms with Gasteiger partial charge in [-0.25, -0.2) is 0 Å². The molecule has 1 aliphatic rings. The van der Waals surface area contributed by atoms with Gasteiger partial charge < -0.3 is 9.47 Å². The van der Waals surface area contributed by atoms with E-state index in [1.807, 2.05) is 0 Å². The first-order chi connectivity index (χ1) is 10.6. The van der Waals surface area contributed by atoms with Crippen LogP contribution >= 0.6 is 47.0 Å². The Labute approximate surface area is 148 Å². The second-order valence-electron chi connectivity index (χ2n) is 3.96. The van der Waals surface area contributed by atoms with Crippen LogP contribution in [0.4, 0.5) is 0 Å². The molecule has 0 atom stereocenters. The summed E-state index contributed by atoms with van der Waals surface area (Å²) in [5, 5.41) is 0. The minimum absolute atomic E-state index is 0.165. The number of hydrogen-bond acceptors (Lipinski definition) is 8. The molecule has 124 valence electrons. The Balaban J connectivity index is 2.37. The average Bonchev–Trinajstić information content (AvgIpc) is 2.80. The standard InChI is InChI=1S/C14H20O4S4/c1-4-17-11(15)6-8-19-13-14(22-10(3)21-13)20-9-7-12(16)18-5-2/h3-9H2,1-2H3. The third kappa shape index (κ3) is 7.89. The van der Waals surface area contributed by atoms with E-state index in [0.29, 0.717) is 37.6 Å². The second kappa shape index (κ2) is 11.4. The molecule has 0 N–H and O–H groups in total. The summed E-state index contributed by atoms with van der Waals surface area (Å²) in [6.45, 7) is 8.42. The number of carbonyl (C=O) groups is 2. The Bertz CT molecular complexity index is 410. The zero-order valence-corrected chi connectivity index (χ0v) is 16.0. The Morgan fingerprint density at radius 2 is 1.36 bits per heavy atom. The summed E-state index contributed by atoms with van der Waals surface area (Å²) in [7, 11) is 0. The number of ether oxygens (including phenoxy) is 2. The van der Waals surface area contributed by atoms with E-state index in [-0.39, 0.29) is 11.9 Å². The fourth-order valence-corrected chi connectivity index (χ4v) is 6.90. The second-order valence-corrected chi connectivity index (χ2v) is 9.15. The van der Waals surface area contributed by atoms with Gasteiger partial charge in [0.15, 0.2) is 0 Å². The van der Waals surface area contributed by atoms with Gasteiger partial charge in [-0.2, -0.15) is 0 Å². The van der Waals surface area contributed by atoms with E-state index in [1.54, 1.807) is 60.9 Å². The van der Waals surface area contributed by atoms with Crippen LogP contribution in [0.5, 0.6) is 0 Å². The van der Waals surface area contributed by atoms with E-state index >= 15 is 0 Å². The number of carbonyl (C=O) groups excluding carboxylic acids is 2. The lowest BCUT2D eigenvalue weighted by Crippen LogP contribution is -2.04. The van der Waals surface area contributed by atoms with Crippen molar-refractivity contribution in [3.63, 3.8) is 0 Å². The Morgan fingerprint density at radius 1 is 0.955 bits per heavy atom. The van der Waals surface area contributed by atoms with Gasteiger partial charge in [0.25, 0.3) is 0 Å². The van der Waals surface area contributed by atoms with Crippen molar-refractivity contribution in [2.24, 2.45) is 0 Å². The highest BCUT2D eigenvalue weighted by atomic mass is 32.3. The summed E-state index contributed by atoms with van der Waals surface area (Å²) < 4.78 is 13.2. The number of thioether (sulfide) groups is 4. The van der Waals surface area contributed by atoms with Gasteiger partial charge in [-0.05, 0) is 13.8 Å². The molecule has 8 heteroatoms. The van der Waals surface area contributed by atoms with Crippen LogP contribution in [0.15, 0.2) is 19.3 Å². The van der Waals surface area contributed by atoms with Crippen molar-refractivity contribution in [3.05, 3.63) is 19.3 Å². The van der Waals surface area contributed by atoms with Crippen molar-refractivity contribution in [1.82, 2.24) is 0 Å². The summed E-state index contributed by atoms with van der Waals surface area (Å²) in [4.78, 5) is 22.7. The van der Waals surface area contributed by atoms with Crippen molar-refractivity contribution in [1.29, 1.82) is 0 Å². The van der Waals surface area contributed by atoms with Crippen LogP contribution in [-0.4, -0.2) is 36.7 Å². The van der Waals surface area contributed by atoms with E-state index in [0.717, 1.165) is 12.7 Å². The van der Waals surface area contributed by atoms with Gasteiger partial charge in [0.2, 0.25) is 0 Å². The molecule has 0 bridgehead atoms. The maximum absolute atomic E-state index is 11.3. The monoisotopic (exact) mass is 380 g/mol. The Hall–Kier alpha value is -0.180. The summed E-state index contributed by atoms with van der Waals surface area (Å²) >= 11 is 6.54. The molecule has 1 heterocycles. The van der Waals surface area contributed by atoms with E-state index in [9.17, 15) is 9.59 Å². The maximum atomic E-state index is 11.3.